The highest BCUT2D eigenvalue weighted by Crippen LogP contribution is 2.22. The number of rotatable bonds is 3. The van der Waals surface area contributed by atoms with E-state index in [1.807, 2.05) is 32.0 Å². The SMILES string of the molecule is Cc1ccc(-n2cc(C(=O)Nc3cc(F)ccc3C)c3ccccc3c2=O)cc1C. The van der Waals surface area contributed by atoms with Gasteiger partial charge < -0.3 is 5.32 Å². The molecule has 4 nitrogen and oxygen atoms in total. The van der Waals surface area contributed by atoms with Crippen LogP contribution in [0.4, 0.5) is 10.1 Å². The van der Waals surface area contributed by atoms with E-state index in [9.17, 15) is 14.0 Å². The molecule has 0 bridgehead atoms. The van der Waals surface area contributed by atoms with Crippen molar-refractivity contribution in [3.05, 3.63) is 105 Å². The third-order valence-corrected chi connectivity index (χ3v) is 5.39. The van der Waals surface area contributed by atoms with Crippen LogP contribution >= 0.6 is 0 Å². The van der Waals surface area contributed by atoms with E-state index < -0.39 is 11.7 Å². The van der Waals surface area contributed by atoms with E-state index in [0.717, 1.165) is 16.7 Å². The smallest absolute Gasteiger partial charge is 0.262 e. The lowest BCUT2D eigenvalue weighted by atomic mass is 10.1. The average molecular weight is 400 g/mol. The summed E-state index contributed by atoms with van der Waals surface area (Å²) in [5.41, 5.74) is 4.13. The monoisotopic (exact) mass is 400 g/mol. The van der Waals surface area contributed by atoms with Gasteiger partial charge >= 0.3 is 0 Å². The van der Waals surface area contributed by atoms with Crippen molar-refractivity contribution < 1.29 is 9.18 Å². The Bertz CT molecular complexity index is 1360. The number of pyridine rings is 1. The minimum atomic E-state index is -0.430. The summed E-state index contributed by atoms with van der Waals surface area (Å²) < 4.78 is 15.2. The fraction of sp³-hybridized carbons (Fsp3) is 0.120. The predicted octanol–water partition coefficient (Wildman–Crippen LogP) is 5.31. The summed E-state index contributed by atoms with van der Waals surface area (Å²) >= 11 is 0. The van der Waals surface area contributed by atoms with Crippen molar-refractivity contribution in [3.8, 4) is 5.69 Å². The summed E-state index contributed by atoms with van der Waals surface area (Å²) in [6.07, 6.45) is 1.55. The number of nitrogens with one attached hydrogen (secondary N) is 1. The van der Waals surface area contributed by atoms with E-state index in [1.54, 1.807) is 43.5 Å². The first-order valence-corrected chi connectivity index (χ1v) is 9.64. The fourth-order valence-corrected chi connectivity index (χ4v) is 3.46. The Morgan fingerprint density at radius 3 is 2.30 bits per heavy atom. The Morgan fingerprint density at radius 2 is 1.57 bits per heavy atom. The largest absolute Gasteiger partial charge is 0.322 e. The van der Waals surface area contributed by atoms with Crippen molar-refractivity contribution >= 4 is 22.4 Å². The van der Waals surface area contributed by atoms with Crippen LogP contribution in [0.5, 0.6) is 0 Å². The van der Waals surface area contributed by atoms with Crippen LogP contribution in [0.3, 0.4) is 0 Å². The molecule has 0 radical (unpaired) electrons. The van der Waals surface area contributed by atoms with Gasteiger partial charge in [0.05, 0.1) is 5.56 Å². The molecule has 0 aliphatic rings. The van der Waals surface area contributed by atoms with Gasteiger partial charge in [0.25, 0.3) is 11.5 Å². The lowest BCUT2D eigenvalue weighted by molar-refractivity contribution is 0.102. The zero-order valence-corrected chi connectivity index (χ0v) is 17.0. The number of nitrogens with zero attached hydrogens (tertiary/aromatic N) is 1. The maximum atomic E-state index is 13.7. The number of aryl methyl sites for hydroxylation is 3. The Morgan fingerprint density at radius 1 is 0.867 bits per heavy atom. The molecule has 150 valence electrons. The highest BCUT2D eigenvalue weighted by atomic mass is 19.1. The average Bonchev–Trinajstić information content (AvgIpc) is 2.73. The Labute approximate surface area is 173 Å². The van der Waals surface area contributed by atoms with Gasteiger partial charge in [0, 0.05) is 28.3 Å². The van der Waals surface area contributed by atoms with E-state index in [1.165, 1.54) is 16.7 Å². The van der Waals surface area contributed by atoms with Gasteiger partial charge in [0.2, 0.25) is 0 Å². The molecule has 1 amide bonds. The first-order chi connectivity index (χ1) is 14.3. The van der Waals surface area contributed by atoms with Crippen LogP contribution in [0.1, 0.15) is 27.0 Å². The van der Waals surface area contributed by atoms with E-state index >= 15 is 0 Å². The van der Waals surface area contributed by atoms with Crippen LogP contribution in [0.2, 0.25) is 0 Å². The van der Waals surface area contributed by atoms with Crippen molar-refractivity contribution in [1.29, 1.82) is 0 Å². The zero-order valence-electron chi connectivity index (χ0n) is 17.0. The maximum Gasteiger partial charge on any atom is 0.262 e. The summed E-state index contributed by atoms with van der Waals surface area (Å²) in [6.45, 7) is 5.77. The van der Waals surface area contributed by atoms with Crippen molar-refractivity contribution in [2.75, 3.05) is 5.32 Å². The number of anilines is 1. The molecule has 30 heavy (non-hydrogen) atoms. The second-order valence-electron chi connectivity index (χ2n) is 7.45. The molecule has 0 aliphatic heterocycles. The zero-order chi connectivity index (χ0) is 21.4. The van der Waals surface area contributed by atoms with Gasteiger partial charge in [-0.15, -0.1) is 0 Å². The third kappa shape index (κ3) is 3.50. The molecule has 1 heterocycles. The van der Waals surface area contributed by atoms with Crippen LogP contribution in [-0.2, 0) is 0 Å². The molecule has 0 aliphatic carbocycles. The lowest BCUT2D eigenvalue weighted by Gasteiger charge is -2.14. The van der Waals surface area contributed by atoms with Crippen LogP contribution in [0.25, 0.3) is 16.5 Å². The van der Waals surface area contributed by atoms with Gasteiger partial charge in [-0.25, -0.2) is 4.39 Å². The highest BCUT2D eigenvalue weighted by Gasteiger charge is 2.17. The minimum absolute atomic E-state index is 0.202. The van der Waals surface area contributed by atoms with Crippen molar-refractivity contribution in [2.45, 2.75) is 20.8 Å². The number of carbonyl (C=O) groups is 1. The standard InChI is InChI=1S/C25H21FN2O2/c1-15-9-11-19(12-17(15)3)28-14-22(20-6-4-5-7-21(20)25(28)30)24(29)27-23-13-18(26)10-8-16(23)2/h4-14H,1-3H3,(H,27,29). The van der Waals surface area contributed by atoms with Gasteiger partial charge in [0.1, 0.15) is 5.82 Å². The normalized spacial score (nSPS) is 10.9. The van der Waals surface area contributed by atoms with Crippen molar-refractivity contribution in [3.63, 3.8) is 0 Å². The molecule has 0 fully saturated rings. The number of fused-ring (bicyclic) bond motifs is 1. The lowest BCUT2D eigenvalue weighted by Crippen LogP contribution is -2.23. The number of hydrogen-bond acceptors (Lipinski definition) is 2. The van der Waals surface area contributed by atoms with E-state index in [0.29, 0.717) is 27.7 Å². The second kappa shape index (κ2) is 7.59. The molecule has 0 saturated heterocycles. The number of aromatic nitrogens is 1. The molecule has 1 aromatic heterocycles. The summed E-state index contributed by atoms with van der Waals surface area (Å²) in [5, 5.41) is 3.78. The summed E-state index contributed by atoms with van der Waals surface area (Å²) in [4.78, 5) is 26.3. The van der Waals surface area contributed by atoms with Crippen molar-refractivity contribution in [2.24, 2.45) is 0 Å². The van der Waals surface area contributed by atoms with Crippen LogP contribution in [0.15, 0.2) is 71.7 Å². The molecule has 0 unspecified atom stereocenters. The number of carbonyl (C=O) groups excluding carboxylic acids is 1. The second-order valence-corrected chi connectivity index (χ2v) is 7.45. The molecule has 1 N–H and O–H groups in total. The molecule has 5 heteroatoms. The Hall–Kier alpha value is -3.73. The molecule has 0 saturated carbocycles. The van der Waals surface area contributed by atoms with Crippen molar-refractivity contribution in [1.82, 2.24) is 4.57 Å². The number of hydrogen-bond donors (Lipinski definition) is 1. The number of benzene rings is 3. The number of amides is 1. The molecule has 0 spiro atoms. The van der Waals surface area contributed by atoms with Gasteiger partial charge in [-0.1, -0.05) is 30.3 Å². The number of halogens is 1. The van der Waals surface area contributed by atoms with E-state index in [4.69, 9.17) is 0 Å². The molecule has 4 aromatic rings. The first-order valence-electron chi connectivity index (χ1n) is 9.64. The quantitative estimate of drug-likeness (QED) is 0.507. The first kappa shape index (κ1) is 19.6. The molecule has 3 aromatic carbocycles. The maximum absolute atomic E-state index is 13.7. The predicted molar refractivity (Wildman–Crippen MR) is 118 cm³/mol. The van der Waals surface area contributed by atoms with Crippen LogP contribution in [0, 0.1) is 26.6 Å². The van der Waals surface area contributed by atoms with Gasteiger partial charge in [-0.05, 0) is 67.8 Å². The highest BCUT2D eigenvalue weighted by molar-refractivity contribution is 6.12. The van der Waals surface area contributed by atoms with Gasteiger partial charge in [-0.2, -0.15) is 0 Å². The summed E-state index contributed by atoms with van der Waals surface area (Å²) in [5.74, 6) is -0.835. The Kier molecular flexibility index (Phi) is 4.96. The van der Waals surface area contributed by atoms with Gasteiger partial charge in [0.15, 0.2) is 0 Å². The molecular formula is C25H21FN2O2. The molecular weight excluding hydrogens is 379 g/mol. The fourth-order valence-electron chi connectivity index (χ4n) is 3.46. The minimum Gasteiger partial charge on any atom is -0.322 e. The summed E-state index contributed by atoms with van der Waals surface area (Å²) in [6, 6.07) is 17.0. The summed E-state index contributed by atoms with van der Waals surface area (Å²) in [7, 11) is 0. The Balaban J connectivity index is 1.89. The van der Waals surface area contributed by atoms with Gasteiger partial charge in [-0.3, -0.25) is 14.2 Å². The third-order valence-electron chi connectivity index (χ3n) is 5.39. The topological polar surface area (TPSA) is 51.1 Å². The van der Waals surface area contributed by atoms with E-state index in [-0.39, 0.29) is 5.56 Å². The molecule has 4 rings (SSSR count). The van der Waals surface area contributed by atoms with Crippen LogP contribution < -0.4 is 10.9 Å². The molecule has 0 atom stereocenters. The van der Waals surface area contributed by atoms with Crippen LogP contribution in [-0.4, -0.2) is 10.5 Å². The van der Waals surface area contributed by atoms with E-state index in [2.05, 4.69) is 5.32 Å².